The summed E-state index contributed by atoms with van der Waals surface area (Å²) >= 11 is 0. The van der Waals surface area contributed by atoms with Crippen LogP contribution in [0.2, 0.25) is 0 Å². The molecule has 1 aromatic heterocycles. The Morgan fingerprint density at radius 2 is 2.00 bits per heavy atom. The summed E-state index contributed by atoms with van der Waals surface area (Å²) in [6.45, 7) is -3.01. The molecule has 0 radical (unpaired) electrons. The van der Waals surface area contributed by atoms with E-state index in [2.05, 4.69) is 25.6 Å². The Hall–Kier alpha value is -3.36. The van der Waals surface area contributed by atoms with Crippen molar-refractivity contribution in [3.8, 4) is 11.4 Å². The zero-order valence-electron chi connectivity index (χ0n) is 12.1. The third-order valence-corrected chi connectivity index (χ3v) is 3.07. The summed E-state index contributed by atoms with van der Waals surface area (Å²) in [4.78, 5) is 12.3. The number of amides is 1. The molecule has 0 saturated heterocycles. The molecule has 122 valence electrons. The highest BCUT2D eigenvalue weighted by molar-refractivity contribution is 6.06. The van der Waals surface area contributed by atoms with Crippen LogP contribution in [0.5, 0.6) is 5.75 Å². The quantitative estimate of drug-likeness (QED) is 0.777. The van der Waals surface area contributed by atoms with Crippen molar-refractivity contribution in [2.24, 2.45) is 0 Å². The van der Waals surface area contributed by atoms with Crippen molar-refractivity contribution in [3.63, 3.8) is 0 Å². The van der Waals surface area contributed by atoms with Crippen molar-refractivity contribution in [2.75, 3.05) is 5.32 Å². The number of carbonyl (C=O) groups is 1. The van der Waals surface area contributed by atoms with Crippen molar-refractivity contribution in [1.82, 2.24) is 20.2 Å². The first-order chi connectivity index (χ1) is 11.6. The van der Waals surface area contributed by atoms with E-state index in [1.165, 1.54) is 29.2 Å². The van der Waals surface area contributed by atoms with Gasteiger partial charge in [0.1, 0.15) is 12.1 Å². The van der Waals surface area contributed by atoms with E-state index in [1.54, 1.807) is 30.3 Å². The van der Waals surface area contributed by atoms with E-state index in [-0.39, 0.29) is 11.3 Å². The molecule has 0 atom stereocenters. The van der Waals surface area contributed by atoms with Gasteiger partial charge in [0.05, 0.1) is 11.3 Å². The minimum Gasteiger partial charge on any atom is -0.434 e. The number of hydrogen-bond acceptors (Lipinski definition) is 5. The number of hydrogen-bond donors (Lipinski definition) is 1. The van der Waals surface area contributed by atoms with Gasteiger partial charge in [-0.3, -0.25) is 4.79 Å². The van der Waals surface area contributed by atoms with E-state index < -0.39 is 12.5 Å². The summed E-state index contributed by atoms with van der Waals surface area (Å²) in [5.41, 5.74) is 1.10. The molecule has 0 unspecified atom stereocenters. The first-order valence-electron chi connectivity index (χ1n) is 6.82. The Morgan fingerprint density at radius 3 is 2.75 bits per heavy atom. The van der Waals surface area contributed by atoms with Gasteiger partial charge in [-0.05, 0) is 40.8 Å². The number of alkyl halides is 2. The lowest BCUT2D eigenvalue weighted by Gasteiger charge is -2.11. The van der Waals surface area contributed by atoms with Crippen LogP contribution >= 0.6 is 0 Å². The fourth-order valence-corrected chi connectivity index (χ4v) is 2.06. The number of nitrogens with zero attached hydrogens (tertiary/aromatic N) is 4. The Bertz CT molecular complexity index is 839. The van der Waals surface area contributed by atoms with E-state index in [9.17, 15) is 13.6 Å². The molecule has 2 aromatic carbocycles. The fraction of sp³-hybridized carbons (Fsp3) is 0.0667. The van der Waals surface area contributed by atoms with Crippen LogP contribution in [0.25, 0.3) is 5.69 Å². The summed E-state index contributed by atoms with van der Waals surface area (Å²) in [5, 5.41) is 13.4. The second-order valence-electron chi connectivity index (χ2n) is 4.63. The highest BCUT2D eigenvalue weighted by Gasteiger charge is 2.15. The van der Waals surface area contributed by atoms with E-state index >= 15 is 0 Å². The highest BCUT2D eigenvalue weighted by Crippen LogP contribution is 2.22. The lowest BCUT2D eigenvalue weighted by molar-refractivity contribution is -0.0501. The summed E-state index contributed by atoms with van der Waals surface area (Å²) in [5.74, 6) is -0.762. The minimum atomic E-state index is -3.01. The van der Waals surface area contributed by atoms with E-state index in [0.29, 0.717) is 11.4 Å². The number of halogens is 2. The van der Waals surface area contributed by atoms with Crippen LogP contribution in [0.15, 0.2) is 54.9 Å². The van der Waals surface area contributed by atoms with Crippen LogP contribution in [-0.4, -0.2) is 32.7 Å². The zero-order chi connectivity index (χ0) is 16.9. The third kappa shape index (κ3) is 3.51. The number of tetrazole rings is 1. The molecule has 1 N–H and O–H groups in total. The number of carbonyl (C=O) groups excluding carboxylic acids is 1. The molecule has 24 heavy (non-hydrogen) atoms. The lowest BCUT2D eigenvalue weighted by atomic mass is 10.2. The third-order valence-electron chi connectivity index (χ3n) is 3.07. The second-order valence-corrected chi connectivity index (χ2v) is 4.63. The Labute approximate surface area is 134 Å². The maximum Gasteiger partial charge on any atom is 0.387 e. The molecular formula is C15H11F2N5O2. The summed E-state index contributed by atoms with van der Waals surface area (Å²) in [6, 6.07) is 12.5. The first-order valence-corrected chi connectivity index (χ1v) is 6.82. The Balaban J connectivity index is 1.82. The number of ether oxygens (including phenoxy) is 1. The van der Waals surface area contributed by atoms with Crippen LogP contribution in [0.3, 0.4) is 0 Å². The van der Waals surface area contributed by atoms with E-state index in [4.69, 9.17) is 0 Å². The Kier molecular flexibility index (Phi) is 4.41. The molecule has 1 heterocycles. The number of benzene rings is 2. The molecule has 3 rings (SSSR count). The standard InChI is InChI=1S/C15H11F2N5O2/c16-15(17)24-13-7-2-1-6-12(13)14(23)19-10-4-3-5-11(8-10)22-9-18-20-21-22/h1-9,15H,(H,19,23). The zero-order valence-corrected chi connectivity index (χ0v) is 12.1. The van der Waals surface area contributed by atoms with E-state index in [0.717, 1.165) is 0 Å². The average Bonchev–Trinajstić information content (AvgIpc) is 3.09. The number of rotatable bonds is 5. The van der Waals surface area contributed by atoms with Crippen LogP contribution in [0, 0.1) is 0 Å². The molecule has 0 aliphatic rings. The predicted octanol–water partition coefficient (Wildman–Crippen LogP) is 2.52. The number of para-hydroxylation sites is 1. The molecule has 9 heteroatoms. The van der Waals surface area contributed by atoms with Crippen LogP contribution in [0.4, 0.5) is 14.5 Å². The molecule has 7 nitrogen and oxygen atoms in total. The van der Waals surface area contributed by atoms with Gasteiger partial charge in [-0.2, -0.15) is 8.78 Å². The van der Waals surface area contributed by atoms with Gasteiger partial charge < -0.3 is 10.1 Å². The molecule has 0 bridgehead atoms. The number of nitrogens with one attached hydrogen (secondary N) is 1. The smallest absolute Gasteiger partial charge is 0.387 e. The lowest BCUT2D eigenvalue weighted by Crippen LogP contribution is -2.15. The monoisotopic (exact) mass is 331 g/mol. The fourth-order valence-electron chi connectivity index (χ4n) is 2.06. The van der Waals surface area contributed by atoms with Crippen molar-refractivity contribution >= 4 is 11.6 Å². The maximum absolute atomic E-state index is 12.4. The SMILES string of the molecule is O=C(Nc1cccc(-n2cnnn2)c1)c1ccccc1OC(F)F. The number of aromatic nitrogens is 4. The molecule has 0 fully saturated rings. The molecule has 0 saturated carbocycles. The molecule has 0 aliphatic heterocycles. The average molecular weight is 331 g/mol. The van der Waals surface area contributed by atoms with Gasteiger partial charge in [-0.15, -0.1) is 5.10 Å². The molecule has 3 aromatic rings. The van der Waals surface area contributed by atoms with Crippen molar-refractivity contribution < 1.29 is 18.3 Å². The maximum atomic E-state index is 12.4. The molecular weight excluding hydrogens is 320 g/mol. The van der Waals surface area contributed by atoms with Crippen molar-refractivity contribution in [2.45, 2.75) is 6.61 Å². The van der Waals surface area contributed by atoms with Gasteiger partial charge in [-0.25, -0.2) is 4.68 Å². The second kappa shape index (κ2) is 6.82. The van der Waals surface area contributed by atoms with Gasteiger partial charge in [0.15, 0.2) is 0 Å². The predicted molar refractivity (Wildman–Crippen MR) is 80.2 cm³/mol. The number of anilines is 1. The largest absolute Gasteiger partial charge is 0.434 e. The van der Waals surface area contributed by atoms with Crippen molar-refractivity contribution in [3.05, 3.63) is 60.4 Å². The molecule has 1 amide bonds. The van der Waals surface area contributed by atoms with Crippen LogP contribution in [-0.2, 0) is 0 Å². The van der Waals surface area contributed by atoms with E-state index in [1.807, 2.05) is 0 Å². The van der Waals surface area contributed by atoms with Gasteiger partial charge >= 0.3 is 6.61 Å². The van der Waals surface area contributed by atoms with Crippen molar-refractivity contribution in [1.29, 1.82) is 0 Å². The Morgan fingerprint density at radius 1 is 1.17 bits per heavy atom. The molecule has 0 aliphatic carbocycles. The topological polar surface area (TPSA) is 81.9 Å². The summed E-state index contributed by atoms with van der Waals surface area (Å²) < 4.78 is 30.6. The van der Waals surface area contributed by atoms with Gasteiger partial charge in [-0.1, -0.05) is 18.2 Å². The van der Waals surface area contributed by atoms with Crippen LogP contribution in [0.1, 0.15) is 10.4 Å². The summed E-state index contributed by atoms with van der Waals surface area (Å²) in [7, 11) is 0. The van der Waals surface area contributed by atoms with Gasteiger partial charge in [0.25, 0.3) is 5.91 Å². The summed E-state index contributed by atoms with van der Waals surface area (Å²) in [6.07, 6.45) is 1.41. The van der Waals surface area contributed by atoms with Crippen LogP contribution < -0.4 is 10.1 Å². The first kappa shape index (κ1) is 15.5. The normalized spacial score (nSPS) is 10.6. The van der Waals surface area contributed by atoms with Gasteiger partial charge in [0.2, 0.25) is 0 Å². The van der Waals surface area contributed by atoms with Gasteiger partial charge in [0, 0.05) is 5.69 Å². The minimum absolute atomic E-state index is 0.00521. The molecule has 0 spiro atoms. The highest BCUT2D eigenvalue weighted by atomic mass is 19.3.